The number of anilines is 1. The van der Waals surface area contributed by atoms with Crippen molar-refractivity contribution in [2.45, 2.75) is 39.2 Å². The van der Waals surface area contributed by atoms with E-state index in [0.717, 1.165) is 37.3 Å². The Morgan fingerprint density at radius 3 is 2.95 bits per heavy atom. The van der Waals surface area contributed by atoms with Gasteiger partial charge in [-0.1, -0.05) is 19.1 Å². The molecule has 1 fully saturated rings. The van der Waals surface area contributed by atoms with Crippen molar-refractivity contribution in [1.82, 2.24) is 5.32 Å². The summed E-state index contributed by atoms with van der Waals surface area (Å²) in [7, 11) is 0. The number of benzene rings is 1. The van der Waals surface area contributed by atoms with Gasteiger partial charge < -0.3 is 10.2 Å². The first-order chi connectivity index (χ1) is 9.27. The molecule has 3 nitrogen and oxygen atoms in total. The molecule has 0 aliphatic carbocycles. The lowest BCUT2D eigenvalue weighted by molar-refractivity contribution is 0.430. The first kappa shape index (κ1) is 13.9. The standard InChI is InChI=1S/C16H23N3/c1-3-10-19(15-8-5-9-18-12-15)16-13(2)6-4-7-14(16)11-17/h4,6-7,15,18H,3,5,8-10,12H2,1-2H3. The van der Waals surface area contributed by atoms with Crippen LogP contribution < -0.4 is 10.2 Å². The lowest BCUT2D eigenvalue weighted by Gasteiger charge is -2.37. The van der Waals surface area contributed by atoms with Crippen molar-refractivity contribution in [3.8, 4) is 6.07 Å². The molecule has 1 aliphatic rings. The number of hydrogen-bond acceptors (Lipinski definition) is 3. The molecule has 1 heterocycles. The number of piperidine rings is 1. The Hall–Kier alpha value is -1.53. The van der Waals surface area contributed by atoms with Gasteiger partial charge in [0.1, 0.15) is 6.07 Å². The third kappa shape index (κ3) is 3.08. The first-order valence-electron chi connectivity index (χ1n) is 7.25. The molecule has 19 heavy (non-hydrogen) atoms. The fourth-order valence-corrected chi connectivity index (χ4v) is 2.95. The molecular formula is C16H23N3. The third-order valence-electron chi connectivity index (χ3n) is 3.82. The molecule has 0 aromatic heterocycles. The molecule has 1 aromatic rings. The van der Waals surface area contributed by atoms with Crippen molar-refractivity contribution in [3.05, 3.63) is 29.3 Å². The maximum atomic E-state index is 9.37. The van der Waals surface area contributed by atoms with Gasteiger partial charge in [0.15, 0.2) is 0 Å². The van der Waals surface area contributed by atoms with Gasteiger partial charge in [-0.25, -0.2) is 0 Å². The van der Waals surface area contributed by atoms with Crippen LogP contribution in [0.5, 0.6) is 0 Å². The summed E-state index contributed by atoms with van der Waals surface area (Å²) in [5.74, 6) is 0. The van der Waals surface area contributed by atoms with Crippen molar-refractivity contribution >= 4 is 5.69 Å². The Labute approximate surface area is 116 Å². The van der Waals surface area contributed by atoms with E-state index in [0.29, 0.717) is 6.04 Å². The molecule has 0 bridgehead atoms. The molecular weight excluding hydrogens is 234 g/mol. The molecule has 3 heteroatoms. The highest BCUT2D eigenvalue weighted by atomic mass is 15.2. The van der Waals surface area contributed by atoms with E-state index in [1.54, 1.807) is 0 Å². The summed E-state index contributed by atoms with van der Waals surface area (Å²) in [6.07, 6.45) is 3.54. The number of hydrogen-bond donors (Lipinski definition) is 1. The summed E-state index contributed by atoms with van der Waals surface area (Å²) in [5.41, 5.74) is 3.15. The zero-order valence-electron chi connectivity index (χ0n) is 11.9. The molecule has 0 amide bonds. The van der Waals surface area contributed by atoms with Crippen LogP contribution >= 0.6 is 0 Å². The van der Waals surface area contributed by atoms with E-state index >= 15 is 0 Å². The van der Waals surface area contributed by atoms with E-state index in [1.807, 2.05) is 12.1 Å². The normalized spacial score (nSPS) is 18.9. The molecule has 1 saturated heterocycles. The van der Waals surface area contributed by atoms with Gasteiger partial charge in [0, 0.05) is 19.1 Å². The fourth-order valence-electron chi connectivity index (χ4n) is 2.95. The summed E-state index contributed by atoms with van der Waals surface area (Å²) in [5, 5.41) is 12.8. The van der Waals surface area contributed by atoms with Crippen LogP contribution in [0.3, 0.4) is 0 Å². The fraction of sp³-hybridized carbons (Fsp3) is 0.562. The summed E-state index contributed by atoms with van der Waals surface area (Å²) >= 11 is 0. The average molecular weight is 257 g/mol. The van der Waals surface area contributed by atoms with Gasteiger partial charge in [0.05, 0.1) is 11.3 Å². The molecule has 0 radical (unpaired) electrons. The molecule has 1 unspecified atom stereocenters. The van der Waals surface area contributed by atoms with E-state index in [9.17, 15) is 5.26 Å². The van der Waals surface area contributed by atoms with Gasteiger partial charge in [-0.15, -0.1) is 0 Å². The van der Waals surface area contributed by atoms with Crippen LogP contribution in [0.4, 0.5) is 5.69 Å². The minimum absolute atomic E-state index is 0.516. The van der Waals surface area contributed by atoms with Crippen LogP contribution in [-0.4, -0.2) is 25.7 Å². The van der Waals surface area contributed by atoms with Gasteiger partial charge in [0.25, 0.3) is 0 Å². The Morgan fingerprint density at radius 2 is 2.32 bits per heavy atom. The average Bonchev–Trinajstić information content (AvgIpc) is 2.46. The van der Waals surface area contributed by atoms with Crippen LogP contribution in [0.25, 0.3) is 0 Å². The van der Waals surface area contributed by atoms with Gasteiger partial charge in [0.2, 0.25) is 0 Å². The minimum atomic E-state index is 0.516. The van der Waals surface area contributed by atoms with Crippen LogP contribution in [0, 0.1) is 18.3 Å². The van der Waals surface area contributed by atoms with Crippen LogP contribution in [-0.2, 0) is 0 Å². The third-order valence-corrected chi connectivity index (χ3v) is 3.82. The molecule has 1 aromatic carbocycles. The van der Waals surface area contributed by atoms with E-state index in [4.69, 9.17) is 0 Å². The second-order valence-electron chi connectivity index (χ2n) is 5.28. The number of para-hydroxylation sites is 1. The predicted octanol–water partition coefficient (Wildman–Crippen LogP) is 2.84. The second-order valence-corrected chi connectivity index (χ2v) is 5.28. The van der Waals surface area contributed by atoms with Crippen molar-refractivity contribution in [1.29, 1.82) is 5.26 Å². The SMILES string of the molecule is CCCN(c1c(C)cccc1C#N)C1CCCNC1. The molecule has 1 N–H and O–H groups in total. The van der Waals surface area contributed by atoms with Crippen LogP contribution in [0.15, 0.2) is 18.2 Å². The Kier molecular flexibility index (Phi) is 4.81. The van der Waals surface area contributed by atoms with Crippen LogP contribution in [0.2, 0.25) is 0 Å². The lowest BCUT2D eigenvalue weighted by Crippen LogP contribution is -2.47. The molecule has 2 rings (SSSR count). The Bertz CT molecular complexity index is 456. The van der Waals surface area contributed by atoms with Crippen molar-refractivity contribution < 1.29 is 0 Å². The van der Waals surface area contributed by atoms with E-state index in [2.05, 4.69) is 36.2 Å². The first-order valence-corrected chi connectivity index (χ1v) is 7.25. The van der Waals surface area contributed by atoms with Crippen molar-refractivity contribution in [3.63, 3.8) is 0 Å². The summed E-state index contributed by atoms with van der Waals surface area (Å²) in [4.78, 5) is 2.44. The Morgan fingerprint density at radius 1 is 1.47 bits per heavy atom. The summed E-state index contributed by atoms with van der Waals surface area (Å²) in [6, 6.07) is 8.88. The number of nitrogens with one attached hydrogen (secondary N) is 1. The van der Waals surface area contributed by atoms with Gasteiger partial charge in [-0.3, -0.25) is 0 Å². The Balaban J connectivity index is 2.35. The largest absolute Gasteiger partial charge is 0.366 e. The van der Waals surface area contributed by atoms with Crippen molar-refractivity contribution in [2.24, 2.45) is 0 Å². The maximum absolute atomic E-state index is 9.37. The molecule has 1 aliphatic heterocycles. The zero-order chi connectivity index (χ0) is 13.7. The van der Waals surface area contributed by atoms with Gasteiger partial charge >= 0.3 is 0 Å². The van der Waals surface area contributed by atoms with Crippen molar-refractivity contribution in [2.75, 3.05) is 24.5 Å². The van der Waals surface area contributed by atoms with Gasteiger partial charge in [-0.05, 0) is 44.4 Å². The number of nitriles is 1. The quantitative estimate of drug-likeness (QED) is 0.901. The number of nitrogens with zero attached hydrogens (tertiary/aromatic N) is 2. The monoisotopic (exact) mass is 257 g/mol. The van der Waals surface area contributed by atoms with E-state index in [-0.39, 0.29) is 0 Å². The predicted molar refractivity (Wildman–Crippen MR) is 79.4 cm³/mol. The number of aryl methyl sites for hydroxylation is 1. The molecule has 0 spiro atoms. The van der Waals surface area contributed by atoms with Crippen LogP contribution in [0.1, 0.15) is 37.3 Å². The zero-order valence-corrected chi connectivity index (χ0v) is 11.9. The molecule has 102 valence electrons. The lowest BCUT2D eigenvalue weighted by atomic mass is 10.0. The second kappa shape index (κ2) is 6.58. The summed E-state index contributed by atoms with van der Waals surface area (Å²) in [6.45, 7) is 7.48. The summed E-state index contributed by atoms with van der Waals surface area (Å²) < 4.78 is 0. The van der Waals surface area contributed by atoms with Gasteiger partial charge in [-0.2, -0.15) is 5.26 Å². The molecule has 1 atom stereocenters. The highest BCUT2D eigenvalue weighted by Crippen LogP contribution is 2.28. The van der Waals surface area contributed by atoms with E-state index in [1.165, 1.54) is 18.4 Å². The van der Waals surface area contributed by atoms with E-state index < -0.39 is 0 Å². The highest BCUT2D eigenvalue weighted by molar-refractivity contribution is 5.64. The highest BCUT2D eigenvalue weighted by Gasteiger charge is 2.23. The number of rotatable bonds is 4. The smallest absolute Gasteiger partial charge is 0.101 e. The minimum Gasteiger partial charge on any atom is -0.366 e. The molecule has 0 saturated carbocycles. The maximum Gasteiger partial charge on any atom is 0.101 e. The topological polar surface area (TPSA) is 39.1 Å².